The molecule has 2 atom stereocenters. The number of aromatic nitrogens is 2. The zero-order valence-corrected chi connectivity index (χ0v) is 18.6. The summed E-state index contributed by atoms with van der Waals surface area (Å²) >= 11 is 0. The number of hydrogen-bond acceptors (Lipinski definition) is 5. The molecular formula is C23H31FN4O3. The molecule has 1 N–H and O–H groups in total. The second-order valence-corrected chi connectivity index (χ2v) is 8.96. The molecule has 1 aromatic heterocycles. The molecule has 2 aliphatic rings. The van der Waals surface area contributed by atoms with E-state index >= 15 is 0 Å². The van der Waals surface area contributed by atoms with Crippen LogP contribution in [0.4, 0.5) is 4.39 Å². The fraction of sp³-hybridized carbons (Fsp3) is 0.565. The molecule has 168 valence electrons. The molecule has 2 fully saturated rings. The number of benzene rings is 1. The van der Waals surface area contributed by atoms with Crippen molar-refractivity contribution in [2.45, 2.75) is 65.5 Å². The van der Waals surface area contributed by atoms with Crippen LogP contribution in [0.2, 0.25) is 0 Å². The Labute approximate surface area is 182 Å². The van der Waals surface area contributed by atoms with Crippen molar-refractivity contribution >= 4 is 11.8 Å². The van der Waals surface area contributed by atoms with Gasteiger partial charge in [-0.3, -0.25) is 9.59 Å². The van der Waals surface area contributed by atoms with E-state index in [1.807, 2.05) is 0 Å². The van der Waals surface area contributed by atoms with Gasteiger partial charge in [0.15, 0.2) is 0 Å². The van der Waals surface area contributed by atoms with Crippen molar-refractivity contribution in [3.05, 3.63) is 35.9 Å². The summed E-state index contributed by atoms with van der Waals surface area (Å²) in [6.07, 6.45) is 4.45. The summed E-state index contributed by atoms with van der Waals surface area (Å²) in [5.74, 6) is 0.310. The standard InChI is InChI=1S/C19H21FN4O3.C4H10/c1-11-17(25)21-15(12-4-2-3-5-12)10-24(11)19(26)16-22-18(27-23-16)13-6-8-14(20)9-7-13;1-4(2)3/h6-9,11-12,15H,2-5,10H2,1H3,(H,21,25);4H,1-3H3. The van der Waals surface area contributed by atoms with Crippen LogP contribution in [0.15, 0.2) is 28.8 Å². The fourth-order valence-electron chi connectivity index (χ4n) is 3.89. The van der Waals surface area contributed by atoms with E-state index in [2.05, 4.69) is 36.2 Å². The summed E-state index contributed by atoms with van der Waals surface area (Å²) in [4.78, 5) is 30.9. The maximum absolute atomic E-state index is 13.1. The molecule has 1 aromatic carbocycles. The summed E-state index contributed by atoms with van der Waals surface area (Å²) in [5, 5.41) is 6.82. The van der Waals surface area contributed by atoms with E-state index in [9.17, 15) is 14.0 Å². The summed E-state index contributed by atoms with van der Waals surface area (Å²) in [6.45, 7) is 8.63. The highest BCUT2D eigenvalue weighted by molar-refractivity contribution is 5.95. The van der Waals surface area contributed by atoms with Gasteiger partial charge < -0.3 is 14.7 Å². The van der Waals surface area contributed by atoms with Gasteiger partial charge in [-0.1, -0.05) is 38.8 Å². The predicted molar refractivity (Wildman–Crippen MR) is 115 cm³/mol. The van der Waals surface area contributed by atoms with E-state index in [1.165, 1.54) is 29.2 Å². The van der Waals surface area contributed by atoms with Gasteiger partial charge in [-0.2, -0.15) is 4.98 Å². The molecule has 0 spiro atoms. The highest BCUT2D eigenvalue weighted by Gasteiger charge is 2.39. The number of piperazine rings is 1. The normalized spacial score (nSPS) is 21.6. The molecule has 31 heavy (non-hydrogen) atoms. The SMILES string of the molecule is CC(C)C.CC1C(=O)NC(C2CCCC2)CN1C(=O)c1noc(-c2ccc(F)cc2)n1. The van der Waals surface area contributed by atoms with Crippen molar-refractivity contribution in [3.8, 4) is 11.5 Å². The van der Waals surface area contributed by atoms with E-state index in [1.54, 1.807) is 6.92 Å². The smallest absolute Gasteiger partial charge is 0.296 e. The van der Waals surface area contributed by atoms with Gasteiger partial charge in [-0.05, 0) is 55.9 Å². The Hall–Kier alpha value is -2.77. The highest BCUT2D eigenvalue weighted by Crippen LogP contribution is 2.30. The number of carbonyl (C=O) groups excluding carboxylic acids is 2. The Morgan fingerprint density at radius 2 is 1.81 bits per heavy atom. The van der Waals surface area contributed by atoms with Crippen LogP contribution in [0.25, 0.3) is 11.5 Å². The first-order valence-corrected chi connectivity index (χ1v) is 11.0. The van der Waals surface area contributed by atoms with Gasteiger partial charge in [0.25, 0.3) is 17.6 Å². The topological polar surface area (TPSA) is 88.3 Å². The second-order valence-electron chi connectivity index (χ2n) is 8.96. The van der Waals surface area contributed by atoms with Crippen LogP contribution in [0.3, 0.4) is 0 Å². The van der Waals surface area contributed by atoms with Crippen molar-refractivity contribution in [3.63, 3.8) is 0 Å². The lowest BCUT2D eigenvalue weighted by atomic mass is 9.94. The Morgan fingerprint density at radius 3 is 2.42 bits per heavy atom. The molecule has 1 aliphatic carbocycles. The summed E-state index contributed by atoms with van der Waals surface area (Å²) in [6, 6.07) is 4.94. The molecule has 8 heteroatoms. The Morgan fingerprint density at radius 1 is 1.19 bits per heavy atom. The zero-order valence-electron chi connectivity index (χ0n) is 18.6. The molecule has 1 saturated carbocycles. The van der Waals surface area contributed by atoms with E-state index in [0.717, 1.165) is 31.6 Å². The number of nitrogens with zero attached hydrogens (tertiary/aromatic N) is 3. The quantitative estimate of drug-likeness (QED) is 0.793. The first kappa shape index (κ1) is 22.9. The predicted octanol–water partition coefficient (Wildman–Crippen LogP) is 4.06. The van der Waals surface area contributed by atoms with E-state index in [4.69, 9.17) is 4.52 Å². The van der Waals surface area contributed by atoms with Gasteiger partial charge in [0.2, 0.25) is 5.91 Å². The summed E-state index contributed by atoms with van der Waals surface area (Å²) < 4.78 is 18.2. The van der Waals surface area contributed by atoms with Gasteiger partial charge >= 0.3 is 0 Å². The third-order valence-electron chi connectivity index (χ3n) is 5.51. The van der Waals surface area contributed by atoms with Gasteiger partial charge in [0, 0.05) is 18.2 Å². The van der Waals surface area contributed by atoms with Gasteiger partial charge in [0.1, 0.15) is 11.9 Å². The van der Waals surface area contributed by atoms with E-state index in [0.29, 0.717) is 18.0 Å². The van der Waals surface area contributed by atoms with Crippen LogP contribution >= 0.6 is 0 Å². The van der Waals surface area contributed by atoms with Crippen LogP contribution in [0.5, 0.6) is 0 Å². The Kier molecular flexibility index (Phi) is 7.41. The van der Waals surface area contributed by atoms with Gasteiger partial charge in [-0.25, -0.2) is 4.39 Å². The molecular weight excluding hydrogens is 399 g/mol. The van der Waals surface area contributed by atoms with Crippen molar-refractivity contribution in [1.82, 2.24) is 20.4 Å². The van der Waals surface area contributed by atoms with Gasteiger partial charge in [-0.15, -0.1) is 0 Å². The molecule has 2 aromatic rings. The molecule has 2 unspecified atom stereocenters. The highest BCUT2D eigenvalue weighted by atomic mass is 19.1. The molecule has 2 heterocycles. The molecule has 2 amide bonds. The monoisotopic (exact) mass is 430 g/mol. The first-order chi connectivity index (χ1) is 14.8. The van der Waals surface area contributed by atoms with Crippen molar-refractivity contribution < 1.29 is 18.5 Å². The maximum Gasteiger partial charge on any atom is 0.296 e. The molecule has 4 rings (SSSR count). The number of rotatable bonds is 3. The summed E-state index contributed by atoms with van der Waals surface area (Å²) in [5.41, 5.74) is 0.524. The Bertz CT molecular complexity index is 888. The lowest BCUT2D eigenvalue weighted by molar-refractivity contribution is -0.129. The largest absolute Gasteiger partial charge is 0.350 e. The zero-order chi connectivity index (χ0) is 22.5. The lowest BCUT2D eigenvalue weighted by Crippen LogP contribution is -2.62. The number of amides is 2. The average molecular weight is 431 g/mol. The van der Waals surface area contributed by atoms with Crippen molar-refractivity contribution in [1.29, 1.82) is 0 Å². The summed E-state index contributed by atoms with van der Waals surface area (Å²) in [7, 11) is 0. The van der Waals surface area contributed by atoms with Gasteiger partial charge in [0.05, 0.1) is 0 Å². The number of halogens is 1. The van der Waals surface area contributed by atoms with Crippen molar-refractivity contribution in [2.24, 2.45) is 11.8 Å². The number of nitrogens with one attached hydrogen (secondary N) is 1. The van der Waals surface area contributed by atoms with Crippen LogP contribution in [-0.4, -0.2) is 45.5 Å². The fourth-order valence-corrected chi connectivity index (χ4v) is 3.89. The third kappa shape index (κ3) is 5.68. The molecule has 0 bridgehead atoms. The first-order valence-electron chi connectivity index (χ1n) is 11.0. The molecule has 1 saturated heterocycles. The van der Waals surface area contributed by atoms with Crippen LogP contribution in [-0.2, 0) is 4.79 Å². The molecule has 0 radical (unpaired) electrons. The van der Waals surface area contributed by atoms with Crippen LogP contribution in [0.1, 0.15) is 64.0 Å². The average Bonchev–Trinajstić information content (AvgIpc) is 3.42. The molecule has 7 nitrogen and oxygen atoms in total. The maximum atomic E-state index is 13.1. The van der Waals surface area contributed by atoms with Crippen LogP contribution < -0.4 is 5.32 Å². The third-order valence-corrected chi connectivity index (χ3v) is 5.51. The lowest BCUT2D eigenvalue weighted by Gasteiger charge is -2.39. The number of carbonyl (C=O) groups is 2. The van der Waals surface area contributed by atoms with E-state index < -0.39 is 11.9 Å². The minimum atomic E-state index is -0.595. The molecule has 1 aliphatic heterocycles. The van der Waals surface area contributed by atoms with E-state index in [-0.39, 0.29) is 29.5 Å². The van der Waals surface area contributed by atoms with Crippen LogP contribution in [0, 0.1) is 17.7 Å². The second kappa shape index (κ2) is 10.0. The Balaban J connectivity index is 0.000000628. The number of hydrogen-bond donors (Lipinski definition) is 1. The minimum Gasteiger partial charge on any atom is -0.350 e. The minimum absolute atomic E-state index is 0.0383. The van der Waals surface area contributed by atoms with Crippen molar-refractivity contribution in [2.75, 3.05) is 6.54 Å².